The van der Waals surface area contributed by atoms with Gasteiger partial charge in [0, 0.05) is 16.0 Å². The van der Waals surface area contributed by atoms with Crippen molar-refractivity contribution in [3.8, 4) is 6.01 Å². The van der Waals surface area contributed by atoms with Crippen LogP contribution in [0.2, 0.25) is 0 Å². The molecular formula is C9H13IN2O. The van der Waals surface area contributed by atoms with Crippen molar-refractivity contribution >= 4 is 22.6 Å². The summed E-state index contributed by atoms with van der Waals surface area (Å²) in [7, 11) is 0. The fourth-order valence-electron chi connectivity index (χ4n) is 0.664. The van der Waals surface area contributed by atoms with Crippen molar-refractivity contribution in [3.05, 3.63) is 16.0 Å². The van der Waals surface area contributed by atoms with Crippen LogP contribution in [0.15, 0.2) is 12.4 Å². The topological polar surface area (TPSA) is 35.0 Å². The van der Waals surface area contributed by atoms with Gasteiger partial charge in [0.05, 0.1) is 0 Å². The summed E-state index contributed by atoms with van der Waals surface area (Å²) in [5, 5.41) is 0. The molecule has 0 radical (unpaired) electrons. The molecule has 1 aromatic rings. The van der Waals surface area contributed by atoms with Gasteiger partial charge in [-0.15, -0.1) is 0 Å². The molecule has 0 N–H and O–H groups in total. The van der Waals surface area contributed by atoms with Gasteiger partial charge >= 0.3 is 6.01 Å². The van der Waals surface area contributed by atoms with Crippen molar-refractivity contribution in [2.24, 2.45) is 5.92 Å². The number of nitrogens with zero attached hydrogens (tertiary/aromatic N) is 2. The lowest BCUT2D eigenvalue weighted by Gasteiger charge is -2.15. The van der Waals surface area contributed by atoms with Gasteiger partial charge < -0.3 is 4.74 Å². The van der Waals surface area contributed by atoms with Gasteiger partial charge in [-0.05, 0) is 35.4 Å². The van der Waals surface area contributed by atoms with Gasteiger partial charge in [0.25, 0.3) is 0 Å². The Kier molecular flexibility index (Phi) is 3.90. The van der Waals surface area contributed by atoms with Crippen LogP contribution in [0.4, 0.5) is 0 Å². The number of hydrogen-bond acceptors (Lipinski definition) is 3. The summed E-state index contributed by atoms with van der Waals surface area (Å²) in [6.07, 6.45) is 3.64. The smallest absolute Gasteiger partial charge is 0.316 e. The Morgan fingerprint density at radius 2 is 1.77 bits per heavy atom. The van der Waals surface area contributed by atoms with Crippen LogP contribution in [-0.2, 0) is 0 Å². The first-order valence-corrected chi connectivity index (χ1v) is 5.31. The standard InChI is InChI=1S/C9H13IN2O/c1-6(2)7(3)13-9-11-4-8(10)5-12-9/h4-7H,1-3H3. The van der Waals surface area contributed by atoms with E-state index in [9.17, 15) is 0 Å². The molecule has 0 aliphatic carbocycles. The first-order valence-electron chi connectivity index (χ1n) is 4.24. The highest BCUT2D eigenvalue weighted by Gasteiger charge is 2.09. The minimum atomic E-state index is 0.153. The zero-order chi connectivity index (χ0) is 9.84. The van der Waals surface area contributed by atoms with Crippen LogP contribution in [0, 0.1) is 9.49 Å². The summed E-state index contributed by atoms with van der Waals surface area (Å²) in [5.41, 5.74) is 0. The zero-order valence-corrected chi connectivity index (χ0v) is 10.1. The first kappa shape index (κ1) is 10.7. The number of ether oxygens (including phenoxy) is 1. The Balaban J connectivity index is 2.59. The zero-order valence-electron chi connectivity index (χ0n) is 7.99. The number of halogens is 1. The fraction of sp³-hybridized carbons (Fsp3) is 0.556. The third kappa shape index (κ3) is 3.46. The van der Waals surface area contributed by atoms with Gasteiger partial charge in [0.1, 0.15) is 6.10 Å². The van der Waals surface area contributed by atoms with Crippen LogP contribution in [0.3, 0.4) is 0 Å². The van der Waals surface area contributed by atoms with Gasteiger partial charge in [0.15, 0.2) is 0 Å². The molecule has 0 aliphatic heterocycles. The number of hydrogen-bond donors (Lipinski definition) is 0. The van der Waals surface area contributed by atoms with Gasteiger partial charge in [0.2, 0.25) is 0 Å². The molecule has 0 fully saturated rings. The molecule has 4 heteroatoms. The molecule has 0 saturated carbocycles. The minimum Gasteiger partial charge on any atom is -0.460 e. The van der Waals surface area contributed by atoms with Crippen LogP contribution in [0.1, 0.15) is 20.8 Å². The Bertz CT molecular complexity index is 261. The Labute approximate surface area is 92.1 Å². The highest BCUT2D eigenvalue weighted by molar-refractivity contribution is 14.1. The maximum atomic E-state index is 5.51. The second-order valence-electron chi connectivity index (χ2n) is 3.25. The molecular weight excluding hydrogens is 279 g/mol. The summed E-state index contributed by atoms with van der Waals surface area (Å²) < 4.78 is 6.52. The van der Waals surface area contributed by atoms with Crippen LogP contribution >= 0.6 is 22.6 Å². The predicted molar refractivity (Wildman–Crippen MR) is 59.7 cm³/mol. The summed E-state index contributed by atoms with van der Waals surface area (Å²) in [6, 6.07) is 0.460. The van der Waals surface area contributed by atoms with Crippen molar-refractivity contribution < 1.29 is 4.74 Å². The van der Waals surface area contributed by atoms with Crippen LogP contribution in [0.5, 0.6) is 6.01 Å². The molecule has 1 heterocycles. The monoisotopic (exact) mass is 292 g/mol. The fourth-order valence-corrected chi connectivity index (χ4v) is 0.942. The van der Waals surface area contributed by atoms with E-state index in [-0.39, 0.29) is 6.10 Å². The van der Waals surface area contributed by atoms with Crippen LogP contribution in [-0.4, -0.2) is 16.1 Å². The molecule has 13 heavy (non-hydrogen) atoms. The van der Waals surface area contributed by atoms with Crippen molar-refractivity contribution in [1.82, 2.24) is 9.97 Å². The second-order valence-corrected chi connectivity index (χ2v) is 4.50. The Morgan fingerprint density at radius 3 is 2.23 bits per heavy atom. The predicted octanol–water partition coefficient (Wildman–Crippen LogP) is 2.50. The third-order valence-corrected chi connectivity index (χ3v) is 2.38. The molecule has 1 unspecified atom stereocenters. The van der Waals surface area contributed by atoms with Crippen molar-refractivity contribution in [3.63, 3.8) is 0 Å². The molecule has 1 aromatic heterocycles. The molecule has 0 aliphatic rings. The van der Waals surface area contributed by atoms with E-state index in [0.717, 1.165) is 3.57 Å². The van der Waals surface area contributed by atoms with E-state index in [4.69, 9.17) is 4.74 Å². The van der Waals surface area contributed by atoms with E-state index < -0.39 is 0 Å². The summed E-state index contributed by atoms with van der Waals surface area (Å²) in [5.74, 6) is 0.475. The van der Waals surface area contributed by atoms with Gasteiger partial charge in [-0.3, -0.25) is 0 Å². The largest absolute Gasteiger partial charge is 0.460 e. The quantitative estimate of drug-likeness (QED) is 0.803. The SMILES string of the molecule is CC(C)C(C)Oc1ncc(I)cn1. The van der Waals surface area contributed by atoms with Crippen LogP contribution in [0.25, 0.3) is 0 Å². The molecule has 0 spiro atoms. The van der Waals surface area contributed by atoms with Gasteiger partial charge in [-0.2, -0.15) is 0 Å². The molecule has 1 atom stereocenters. The third-order valence-electron chi connectivity index (χ3n) is 1.83. The second kappa shape index (κ2) is 4.74. The van der Waals surface area contributed by atoms with Crippen LogP contribution < -0.4 is 4.74 Å². The lowest BCUT2D eigenvalue weighted by molar-refractivity contribution is 0.155. The number of aromatic nitrogens is 2. The molecule has 72 valence electrons. The van der Waals surface area contributed by atoms with E-state index in [1.165, 1.54) is 0 Å². The normalized spacial score (nSPS) is 13.0. The minimum absolute atomic E-state index is 0.153. The van der Waals surface area contributed by atoms with Gasteiger partial charge in [-0.1, -0.05) is 13.8 Å². The lowest BCUT2D eigenvalue weighted by atomic mass is 10.1. The van der Waals surface area contributed by atoms with Crippen molar-refractivity contribution in [1.29, 1.82) is 0 Å². The average molecular weight is 292 g/mol. The summed E-state index contributed by atoms with van der Waals surface area (Å²) >= 11 is 2.16. The summed E-state index contributed by atoms with van der Waals surface area (Å²) in [4.78, 5) is 8.12. The molecule has 0 amide bonds. The molecule has 0 saturated heterocycles. The van der Waals surface area contributed by atoms with E-state index in [0.29, 0.717) is 11.9 Å². The number of rotatable bonds is 3. The van der Waals surface area contributed by atoms with Crippen molar-refractivity contribution in [2.75, 3.05) is 0 Å². The summed E-state index contributed by atoms with van der Waals surface area (Å²) in [6.45, 7) is 6.24. The first-order chi connectivity index (χ1) is 6.09. The van der Waals surface area contributed by atoms with Gasteiger partial charge in [-0.25, -0.2) is 9.97 Å². The van der Waals surface area contributed by atoms with E-state index in [1.54, 1.807) is 12.4 Å². The Morgan fingerprint density at radius 1 is 1.23 bits per heavy atom. The molecule has 3 nitrogen and oxygen atoms in total. The van der Waals surface area contributed by atoms with Crippen molar-refractivity contribution in [2.45, 2.75) is 26.9 Å². The maximum Gasteiger partial charge on any atom is 0.316 e. The van der Waals surface area contributed by atoms with E-state index in [1.807, 2.05) is 6.92 Å². The average Bonchev–Trinajstić information content (AvgIpc) is 2.08. The highest BCUT2D eigenvalue weighted by atomic mass is 127. The molecule has 1 rings (SSSR count). The Hall–Kier alpha value is -0.390. The molecule has 0 bridgehead atoms. The van der Waals surface area contributed by atoms with E-state index >= 15 is 0 Å². The lowest BCUT2D eigenvalue weighted by Crippen LogP contribution is -2.19. The highest BCUT2D eigenvalue weighted by Crippen LogP contribution is 2.10. The maximum absolute atomic E-state index is 5.51. The molecule has 0 aromatic carbocycles. The van der Waals surface area contributed by atoms with E-state index in [2.05, 4.69) is 46.4 Å².